The van der Waals surface area contributed by atoms with Gasteiger partial charge in [-0.05, 0) is 31.1 Å². The van der Waals surface area contributed by atoms with Gasteiger partial charge in [-0.2, -0.15) is 0 Å². The molecule has 1 amide bonds. The first kappa shape index (κ1) is 15.4. The van der Waals surface area contributed by atoms with Gasteiger partial charge < -0.3 is 15.4 Å². The Morgan fingerprint density at radius 3 is 2.44 bits per heavy atom. The topological polar surface area (TPSA) is 50.4 Å². The van der Waals surface area contributed by atoms with Crippen molar-refractivity contribution in [2.75, 3.05) is 26.3 Å². The van der Waals surface area contributed by atoms with Crippen LogP contribution in [0.15, 0.2) is 0 Å². The molecular formula is C14H28N2O2. The highest BCUT2D eigenvalue weighted by Gasteiger charge is 2.28. The average Bonchev–Trinajstić information content (AvgIpc) is 2.34. The third-order valence-electron chi connectivity index (χ3n) is 3.61. The normalized spacial score (nSPS) is 20.7. The predicted octanol–water partition coefficient (Wildman–Crippen LogP) is 1.55. The lowest BCUT2D eigenvalue weighted by Gasteiger charge is -2.34. The molecule has 1 unspecified atom stereocenters. The third kappa shape index (κ3) is 5.36. The van der Waals surface area contributed by atoms with Crippen LogP contribution in [0.5, 0.6) is 0 Å². The van der Waals surface area contributed by atoms with Crippen LogP contribution in [0.2, 0.25) is 0 Å². The van der Waals surface area contributed by atoms with E-state index in [1.165, 1.54) is 0 Å². The highest BCUT2D eigenvalue weighted by atomic mass is 16.5. The van der Waals surface area contributed by atoms with E-state index < -0.39 is 0 Å². The molecule has 18 heavy (non-hydrogen) atoms. The maximum Gasteiger partial charge on any atom is 0.236 e. The number of rotatable bonds is 6. The minimum Gasteiger partial charge on any atom is -0.381 e. The summed E-state index contributed by atoms with van der Waals surface area (Å²) in [5.41, 5.74) is 0.269. The first-order chi connectivity index (χ1) is 8.43. The maximum atomic E-state index is 11.8. The Morgan fingerprint density at radius 1 is 1.28 bits per heavy atom. The van der Waals surface area contributed by atoms with Crippen molar-refractivity contribution in [2.24, 2.45) is 11.3 Å². The highest BCUT2D eigenvalue weighted by molar-refractivity contribution is 5.81. The second-order valence-electron chi connectivity index (χ2n) is 6.16. The zero-order chi connectivity index (χ0) is 13.6. The fraction of sp³-hybridized carbons (Fsp3) is 0.929. The number of hydrogen-bond acceptors (Lipinski definition) is 3. The average molecular weight is 256 g/mol. The van der Waals surface area contributed by atoms with Crippen LogP contribution in [-0.2, 0) is 9.53 Å². The van der Waals surface area contributed by atoms with Crippen LogP contribution in [0.25, 0.3) is 0 Å². The summed E-state index contributed by atoms with van der Waals surface area (Å²) in [6.45, 7) is 11.7. The van der Waals surface area contributed by atoms with Gasteiger partial charge in [0.1, 0.15) is 0 Å². The summed E-state index contributed by atoms with van der Waals surface area (Å²) in [6, 6.07) is -0.122. The minimum absolute atomic E-state index is 0.0966. The molecule has 1 saturated heterocycles. The zero-order valence-electron chi connectivity index (χ0n) is 12.2. The summed E-state index contributed by atoms with van der Waals surface area (Å²) in [5.74, 6) is 0.591. The van der Waals surface area contributed by atoms with E-state index in [2.05, 4.69) is 31.4 Å². The summed E-state index contributed by atoms with van der Waals surface area (Å²) in [7, 11) is 0. The molecule has 0 radical (unpaired) electrons. The SMILES string of the molecule is CC(C)CNC(=O)C(C)NCC1(C)CCOCC1. The van der Waals surface area contributed by atoms with Crippen LogP contribution < -0.4 is 10.6 Å². The molecule has 0 saturated carbocycles. The fourth-order valence-electron chi connectivity index (χ4n) is 1.99. The number of carbonyl (C=O) groups excluding carboxylic acids is 1. The van der Waals surface area contributed by atoms with Gasteiger partial charge in [0.05, 0.1) is 6.04 Å². The van der Waals surface area contributed by atoms with Crippen molar-refractivity contribution in [1.82, 2.24) is 10.6 Å². The molecule has 0 aliphatic carbocycles. The van der Waals surface area contributed by atoms with E-state index in [0.29, 0.717) is 5.92 Å². The molecule has 1 fully saturated rings. The van der Waals surface area contributed by atoms with E-state index in [-0.39, 0.29) is 17.4 Å². The molecule has 4 heteroatoms. The fourth-order valence-corrected chi connectivity index (χ4v) is 1.99. The molecule has 1 aliphatic rings. The largest absolute Gasteiger partial charge is 0.381 e. The summed E-state index contributed by atoms with van der Waals surface area (Å²) in [6.07, 6.45) is 2.14. The molecule has 4 nitrogen and oxygen atoms in total. The van der Waals surface area contributed by atoms with Crippen LogP contribution in [0.1, 0.15) is 40.5 Å². The van der Waals surface area contributed by atoms with Gasteiger partial charge in [0.2, 0.25) is 5.91 Å². The van der Waals surface area contributed by atoms with Gasteiger partial charge in [0.25, 0.3) is 0 Å². The summed E-state index contributed by atoms with van der Waals surface area (Å²) < 4.78 is 5.38. The van der Waals surface area contributed by atoms with Crippen LogP contribution >= 0.6 is 0 Å². The molecular weight excluding hydrogens is 228 g/mol. The summed E-state index contributed by atoms with van der Waals surface area (Å²) >= 11 is 0. The van der Waals surface area contributed by atoms with Crippen LogP contribution in [0.3, 0.4) is 0 Å². The smallest absolute Gasteiger partial charge is 0.236 e. The summed E-state index contributed by atoms with van der Waals surface area (Å²) in [4.78, 5) is 11.8. The molecule has 0 bridgehead atoms. The Bertz CT molecular complexity index is 261. The number of amides is 1. The van der Waals surface area contributed by atoms with Gasteiger partial charge in [-0.15, -0.1) is 0 Å². The van der Waals surface area contributed by atoms with Gasteiger partial charge in [-0.1, -0.05) is 20.8 Å². The second-order valence-corrected chi connectivity index (χ2v) is 6.16. The quantitative estimate of drug-likeness (QED) is 0.758. The van der Waals surface area contributed by atoms with E-state index in [1.807, 2.05) is 6.92 Å². The van der Waals surface area contributed by atoms with Gasteiger partial charge >= 0.3 is 0 Å². The Hall–Kier alpha value is -0.610. The lowest BCUT2D eigenvalue weighted by molar-refractivity contribution is -0.123. The monoisotopic (exact) mass is 256 g/mol. The molecule has 1 aliphatic heterocycles. The Morgan fingerprint density at radius 2 is 1.89 bits per heavy atom. The predicted molar refractivity (Wildman–Crippen MR) is 73.5 cm³/mol. The van der Waals surface area contributed by atoms with E-state index >= 15 is 0 Å². The minimum atomic E-state index is -0.122. The molecule has 106 valence electrons. The van der Waals surface area contributed by atoms with Gasteiger partial charge in [-0.3, -0.25) is 4.79 Å². The number of hydrogen-bond donors (Lipinski definition) is 2. The standard InChI is InChI=1S/C14H28N2O2/c1-11(2)9-15-13(17)12(3)16-10-14(4)5-7-18-8-6-14/h11-12,16H,5-10H2,1-4H3,(H,15,17). The van der Waals surface area contributed by atoms with Crippen molar-refractivity contribution < 1.29 is 9.53 Å². The van der Waals surface area contributed by atoms with Crippen molar-refractivity contribution in [3.63, 3.8) is 0 Å². The Labute approximate surface area is 111 Å². The van der Waals surface area contributed by atoms with Crippen molar-refractivity contribution >= 4 is 5.91 Å². The molecule has 1 atom stereocenters. The molecule has 0 aromatic heterocycles. The molecule has 1 rings (SSSR count). The molecule has 0 aromatic rings. The van der Waals surface area contributed by atoms with E-state index in [9.17, 15) is 4.79 Å². The van der Waals surface area contributed by atoms with Crippen LogP contribution in [-0.4, -0.2) is 38.3 Å². The van der Waals surface area contributed by atoms with Crippen molar-refractivity contribution in [1.29, 1.82) is 0 Å². The van der Waals surface area contributed by atoms with Crippen LogP contribution in [0.4, 0.5) is 0 Å². The van der Waals surface area contributed by atoms with Crippen LogP contribution in [0, 0.1) is 11.3 Å². The lowest BCUT2D eigenvalue weighted by atomic mass is 9.82. The maximum absolute atomic E-state index is 11.8. The molecule has 0 spiro atoms. The first-order valence-corrected chi connectivity index (χ1v) is 7.02. The van der Waals surface area contributed by atoms with E-state index in [1.54, 1.807) is 0 Å². The van der Waals surface area contributed by atoms with Crippen molar-refractivity contribution in [3.05, 3.63) is 0 Å². The Balaban J connectivity index is 2.26. The highest BCUT2D eigenvalue weighted by Crippen LogP contribution is 2.28. The van der Waals surface area contributed by atoms with E-state index in [4.69, 9.17) is 4.74 Å². The van der Waals surface area contributed by atoms with Gasteiger partial charge in [0.15, 0.2) is 0 Å². The summed E-state index contributed by atoms with van der Waals surface area (Å²) in [5, 5.41) is 6.30. The number of carbonyl (C=O) groups is 1. The van der Waals surface area contributed by atoms with E-state index in [0.717, 1.165) is 39.1 Å². The molecule has 2 N–H and O–H groups in total. The zero-order valence-corrected chi connectivity index (χ0v) is 12.2. The Kier molecular flexibility index (Phi) is 6.09. The number of nitrogens with one attached hydrogen (secondary N) is 2. The first-order valence-electron chi connectivity index (χ1n) is 7.02. The lowest BCUT2D eigenvalue weighted by Crippen LogP contribution is -2.47. The van der Waals surface area contributed by atoms with Gasteiger partial charge in [-0.25, -0.2) is 0 Å². The molecule has 1 heterocycles. The number of ether oxygens (including phenoxy) is 1. The van der Waals surface area contributed by atoms with Crippen molar-refractivity contribution in [3.8, 4) is 0 Å². The van der Waals surface area contributed by atoms with Gasteiger partial charge in [0, 0.05) is 26.3 Å². The van der Waals surface area contributed by atoms with Crippen molar-refractivity contribution in [2.45, 2.75) is 46.6 Å². The third-order valence-corrected chi connectivity index (χ3v) is 3.61. The molecule has 0 aromatic carbocycles. The second kappa shape index (κ2) is 7.10.